The summed E-state index contributed by atoms with van der Waals surface area (Å²) in [6.45, 7) is 1.47. The molecular weight excluding hydrogens is 300 g/mol. The number of anilines is 1. The molecule has 0 bridgehead atoms. The number of carboxylic acids is 1. The van der Waals surface area contributed by atoms with Crippen LogP contribution in [-0.2, 0) is 15.3 Å². The van der Waals surface area contributed by atoms with Crippen LogP contribution in [0.4, 0.5) is 5.69 Å². The van der Waals surface area contributed by atoms with E-state index in [1.54, 1.807) is 24.3 Å². The molecule has 0 aliphatic carbocycles. The molecule has 23 heavy (non-hydrogen) atoms. The minimum absolute atomic E-state index is 0.0689. The maximum absolute atomic E-state index is 12.4. The second-order valence-electron chi connectivity index (χ2n) is 5.61. The lowest BCUT2D eigenvalue weighted by Crippen LogP contribution is -2.58. The molecule has 1 amide bonds. The summed E-state index contributed by atoms with van der Waals surface area (Å²) >= 11 is 0. The van der Waals surface area contributed by atoms with E-state index in [0.29, 0.717) is 11.3 Å². The van der Waals surface area contributed by atoms with E-state index in [4.69, 9.17) is 0 Å². The van der Waals surface area contributed by atoms with Gasteiger partial charge in [0, 0.05) is 18.4 Å². The minimum atomic E-state index is -1.67. The number of carbonyl (C=O) groups excluding carboxylic acids is 1. The van der Waals surface area contributed by atoms with E-state index in [2.05, 4.69) is 10.1 Å². The van der Waals surface area contributed by atoms with Crippen molar-refractivity contribution in [3.8, 4) is 11.4 Å². The summed E-state index contributed by atoms with van der Waals surface area (Å²) in [7, 11) is 0. The molecule has 8 heteroatoms. The van der Waals surface area contributed by atoms with E-state index in [1.165, 1.54) is 16.5 Å². The van der Waals surface area contributed by atoms with Crippen molar-refractivity contribution in [2.24, 2.45) is 0 Å². The molecule has 116 valence electrons. The van der Waals surface area contributed by atoms with Crippen LogP contribution in [-0.4, -0.2) is 31.7 Å². The zero-order chi connectivity index (χ0) is 16.4. The topological polar surface area (TPSA) is 105 Å². The van der Waals surface area contributed by atoms with Crippen molar-refractivity contribution in [1.82, 2.24) is 14.8 Å². The number of hydrogen-bond donors (Lipinski definition) is 1. The van der Waals surface area contributed by atoms with Gasteiger partial charge in [0.25, 0.3) is 5.56 Å². The third-order valence-corrected chi connectivity index (χ3v) is 4.35. The smallest absolute Gasteiger partial charge is 0.353 e. The van der Waals surface area contributed by atoms with Crippen LogP contribution in [0.15, 0.2) is 29.1 Å². The number of para-hydroxylation sites is 1. The van der Waals surface area contributed by atoms with Gasteiger partial charge in [0.2, 0.25) is 11.6 Å². The van der Waals surface area contributed by atoms with Gasteiger partial charge in [-0.3, -0.25) is 14.5 Å². The largest absolute Gasteiger partial charge is 0.478 e. The second kappa shape index (κ2) is 4.25. The maximum Gasteiger partial charge on any atom is 0.353 e. The number of nitrogens with zero attached hydrogens (tertiary/aromatic N) is 4. The van der Waals surface area contributed by atoms with Gasteiger partial charge in [-0.15, -0.1) is 0 Å². The van der Waals surface area contributed by atoms with Gasteiger partial charge in [-0.05, 0) is 19.1 Å². The van der Waals surface area contributed by atoms with Crippen LogP contribution >= 0.6 is 0 Å². The normalized spacial score (nSPS) is 21.6. The minimum Gasteiger partial charge on any atom is -0.478 e. The molecule has 1 aromatic heterocycles. The Labute approximate surface area is 130 Å². The molecule has 1 saturated heterocycles. The quantitative estimate of drug-likeness (QED) is 0.821. The molecule has 3 heterocycles. The van der Waals surface area contributed by atoms with Crippen molar-refractivity contribution < 1.29 is 14.7 Å². The summed E-state index contributed by atoms with van der Waals surface area (Å²) in [5, 5.41) is 14.0. The highest BCUT2D eigenvalue weighted by atomic mass is 16.4. The lowest BCUT2D eigenvalue weighted by Gasteiger charge is -2.41. The Morgan fingerprint density at radius 2 is 2.04 bits per heavy atom. The van der Waals surface area contributed by atoms with E-state index < -0.39 is 17.2 Å². The molecule has 1 fully saturated rings. The highest BCUT2D eigenvalue weighted by Gasteiger charge is 2.58. The number of aryl methyl sites for hydroxylation is 1. The van der Waals surface area contributed by atoms with Crippen molar-refractivity contribution in [3.63, 3.8) is 0 Å². The average Bonchev–Trinajstić information content (AvgIpc) is 2.88. The molecule has 4 rings (SSSR count). The number of carboxylic acid groups (broad SMARTS) is 1. The molecule has 2 aromatic rings. The summed E-state index contributed by atoms with van der Waals surface area (Å²) in [6.07, 6.45) is 0.159. The van der Waals surface area contributed by atoms with Crippen LogP contribution in [0.2, 0.25) is 0 Å². The van der Waals surface area contributed by atoms with Crippen LogP contribution < -0.4 is 10.5 Å². The fourth-order valence-electron chi connectivity index (χ4n) is 3.29. The van der Waals surface area contributed by atoms with Crippen molar-refractivity contribution >= 4 is 17.6 Å². The summed E-state index contributed by atoms with van der Waals surface area (Å²) < 4.78 is 1.21. The first-order valence-electron chi connectivity index (χ1n) is 7.11. The van der Waals surface area contributed by atoms with Gasteiger partial charge in [-0.25, -0.2) is 9.48 Å². The fraction of sp³-hybridized carbons (Fsp3) is 0.267. The van der Waals surface area contributed by atoms with E-state index >= 15 is 0 Å². The van der Waals surface area contributed by atoms with Crippen molar-refractivity contribution in [2.75, 3.05) is 4.90 Å². The third kappa shape index (κ3) is 1.52. The van der Waals surface area contributed by atoms with Gasteiger partial charge in [-0.1, -0.05) is 12.1 Å². The van der Waals surface area contributed by atoms with Crippen LogP contribution in [0, 0.1) is 6.92 Å². The molecular formula is C15H12N4O4. The molecule has 0 radical (unpaired) electrons. The fourth-order valence-corrected chi connectivity index (χ4v) is 3.29. The van der Waals surface area contributed by atoms with E-state index in [1.807, 2.05) is 0 Å². The predicted octanol–water partition coefficient (Wildman–Crippen LogP) is 0.492. The average molecular weight is 312 g/mol. The number of rotatable bonds is 1. The van der Waals surface area contributed by atoms with Gasteiger partial charge in [0.1, 0.15) is 5.69 Å². The first-order chi connectivity index (χ1) is 11.0. The summed E-state index contributed by atoms with van der Waals surface area (Å²) in [5.74, 6) is -1.32. The molecule has 1 unspecified atom stereocenters. The summed E-state index contributed by atoms with van der Waals surface area (Å²) in [6, 6.07) is 6.81. The Morgan fingerprint density at radius 1 is 1.30 bits per heavy atom. The highest BCUT2D eigenvalue weighted by Crippen LogP contribution is 2.47. The first-order valence-corrected chi connectivity index (χ1v) is 7.11. The number of fused-ring (bicyclic) bond motifs is 6. The number of aromatic nitrogens is 3. The molecule has 1 N–H and O–H groups in total. The summed E-state index contributed by atoms with van der Waals surface area (Å²) in [5.41, 5.74) is -1.14. The van der Waals surface area contributed by atoms with Crippen molar-refractivity contribution in [3.05, 3.63) is 40.3 Å². The molecule has 0 saturated carbocycles. The maximum atomic E-state index is 12.4. The Hall–Kier alpha value is -3.03. The summed E-state index contributed by atoms with van der Waals surface area (Å²) in [4.78, 5) is 41.7. The molecule has 1 atom stereocenters. The van der Waals surface area contributed by atoms with Crippen LogP contribution in [0.1, 0.15) is 18.5 Å². The lowest BCUT2D eigenvalue weighted by molar-refractivity contribution is -0.148. The third-order valence-electron chi connectivity index (χ3n) is 4.35. The SMILES string of the molecule is Cc1nn2c(nc1=O)-c1ccccc1N1C(=O)CCC12C(=O)O. The monoisotopic (exact) mass is 312 g/mol. The van der Waals surface area contributed by atoms with E-state index in [-0.39, 0.29) is 30.3 Å². The zero-order valence-corrected chi connectivity index (χ0v) is 12.2. The molecule has 0 spiro atoms. The van der Waals surface area contributed by atoms with Gasteiger partial charge >= 0.3 is 5.97 Å². The Balaban J connectivity index is 2.18. The molecule has 2 aliphatic rings. The van der Waals surface area contributed by atoms with Gasteiger partial charge in [-0.2, -0.15) is 10.1 Å². The van der Waals surface area contributed by atoms with Gasteiger partial charge in [0.05, 0.1) is 5.69 Å². The number of amides is 1. The number of carbonyl (C=O) groups is 2. The van der Waals surface area contributed by atoms with Crippen LogP contribution in [0.3, 0.4) is 0 Å². The zero-order valence-electron chi connectivity index (χ0n) is 12.2. The Morgan fingerprint density at radius 3 is 2.78 bits per heavy atom. The predicted molar refractivity (Wildman–Crippen MR) is 78.8 cm³/mol. The molecule has 2 aliphatic heterocycles. The molecule has 8 nitrogen and oxygen atoms in total. The molecule has 1 aromatic carbocycles. The number of hydrogen-bond acceptors (Lipinski definition) is 5. The second-order valence-corrected chi connectivity index (χ2v) is 5.61. The van der Waals surface area contributed by atoms with Crippen LogP contribution in [0.5, 0.6) is 0 Å². The van der Waals surface area contributed by atoms with E-state index in [0.717, 1.165) is 0 Å². The Bertz CT molecular complexity index is 935. The van der Waals surface area contributed by atoms with E-state index in [9.17, 15) is 19.5 Å². The van der Waals surface area contributed by atoms with Gasteiger partial charge in [0.15, 0.2) is 5.82 Å². The lowest BCUT2D eigenvalue weighted by atomic mass is 10.00. The number of benzene rings is 1. The van der Waals surface area contributed by atoms with Crippen molar-refractivity contribution in [1.29, 1.82) is 0 Å². The Kier molecular flexibility index (Phi) is 2.52. The number of aliphatic carboxylic acids is 1. The van der Waals surface area contributed by atoms with Crippen LogP contribution in [0.25, 0.3) is 11.4 Å². The first kappa shape index (κ1) is 13.6. The van der Waals surface area contributed by atoms with Gasteiger partial charge < -0.3 is 5.11 Å². The van der Waals surface area contributed by atoms with Crippen molar-refractivity contribution in [2.45, 2.75) is 25.4 Å². The highest BCUT2D eigenvalue weighted by molar-refractivity contribution is 6.07. The standard InChI is InChI=1S/C15H12N4O4/c1-8-13(21)16-12-9-4-2-3-5-10(9)18-11(20)6-7-15(18,14(22)23)19(12)17-8/h2-5H,6-7H2,1H3,(H,22,23).